The van der Waals surface area contributed by atoms with Crippen LogP contribution in [0, 0.1) is 6.92 Å². The zero-order chi connectivity index (χ0) is 11.5. The first kappa shape index (κ1) is 10.9. The van der Waals surface area contributed by atoms with Crippen LogP contribution in [-0.2, 0) is 0 Å². The molecule has 1 aromatic carbocycles. The van der Waals surface area contributed by atoms with Crippen molar-refractivity contribution in [1.82, 2.24) is 5.16 Å². The maximum absolute atomic E-state index is 11.7. The van der Waals surface area contributed by atoms with Gasteiger partial charge in [0.15, 0.2) is 5.69 Å². The number of aromatic nitrogens is 1. The number of hydrogen-bond acceptors (Lipinski definition) is 3. The summed E-state index contributed by atoms with van der Waals surface area (Å²) in [6, 6.07) is 7.16. The van der Waals surface area contributed by atoms with Crippen molar-refractivity contribution in [2.24, 2.45) is 0 Å². The minimum Gasteiger partial charge on any atom is -0.364 e. The van der Waals surface area contributed by atoms with E-state index in [1.54, 1.807) is 0 Å². The highest BCUT2D eigenvalue weighted by molar-refractivity contribution is 9.10. The summed E-state index contributed by atoms with van der Waals surface area (Å²) < 4.78 is 5.47. The summed E-state index contributed by atoms with van der Waals surface area (Å²) in [5.74, 6) is -0.292. The van der Waals surface area contributed by atoms with E-state index in [1.165, 1.54) is 12.3 Å². The Morgan fingerprint density at radius 3 is 2.94 bits per heavy atom. The normalized spacial score (nSPS) is 10.1. The van der Waals surface area contributed by atoms with Crippen molar-refractivity contribution in [2.45, 2.75) is 6.92 Å². The first-order chi connectivity index (χ1) is 7.68. The molecule has 1 heterocycles. The molecule has 0 spiro atoms. The van der Waals surface area contributed by atoms with Crippen LogP contribution in [0.3, 0.4) is 0 Å². The molecule has 1 amide bonds. The van der Waals surface area contributed by atoms with Crippen LogP contribution in [0.4, 0.5) is 5.69 Å². The van der Waals surface area contributed by atoms with Crippen molar-refractivity contribution in [3.8, 4) is 0 Å². The average Bonchev–Trinajstić information content (AvgIpc) is 2.78. The average molecular weight is 281 g/mol. The van der Waals surface area contributed by atoms with Gasteiger partial charge in [-0.15, -0.1) is 0 Å². The number of nitrogens with zero attached hydrogens (tertiary/aromatic N) is 1. The Labute approximate surface area is 101 Å². The highest BCUT2D eigenvalue weighted by Crippen LogP contribution is 2.25. The van der Waals surface area contributed by atoms with Crippen molar-refractivity contribution in [3.05, 3.63) is 46.3 Å². The largest absolute Gasteiger partial charge is 0.364 e. The van der Waals surface area contributed by atoms with E-state index in [1.807, 2.05) is 25.1 Å². The number of carbonyl (C=O) groups is 1. The Kier molecular flexibility index (Phi) is 3.05. The Balaban J connectivity index is 2.22. The number of hydrogen-bond donors (Lipinski definition) is 1. The van der Waals surface area contributed by atoms with Crippen LogP contribution in [0.25, 0.3) is 0 Å². The summed E-state index contributed by atoms with van der Waals surface area (Å²) in [5, 5.41) is 6.31. The summed E-state index contributed by atoms with van der Waals surface area (Å²) >= 11 is 3.41. The molecule has 0 aliphatic carbocycles. The number of amides is 1. The van der Waals surface area contributed by atoms with Crippen LogP contribution in [-0.4, -0.2) is 11.1 Å². The Morgan fingerprint density at radius 1 is 1.44 bits per heavy atom. The summed E-state index contributed by atoms with van der Waals surface area (Å²) in [6.45, 7) is 1.95. The van der Waals surface area contributed by atoms with Gasteiger partial charge >= 0.3 is 0 Å². The molecule has 0 aliphatic rings. The standard InChI is InChI=1S/C11H9BrN2O2/c1-7-3-2-4-8(10(7)12)13-11(15)9-5-6-16-14-9/h2-6H,1H3,(H,13,15). The van der Waals surface area contributed by atoms with E-state index in [0.717, 1.165) is 10.0 Å². The Hall–Kier alpha value is -1.62. The van der Waals surface area contributed by atoms with E-state index >= 15 is 0 Å². The molecule has 1 aromatic heterocycles. The molecule has 0 aliphatic heterocycles. The van der Waals surface area contributed by atoms with Crippen molar-refractivity contribution < 1.29 is 9.32 Å². The molecular formula is C11H9BrN2O2. The lowest BCUT2D eigenvalue weighted by Gasteiger charge is -2.07. The van der Waals surface area contributed by atoms with Gasteiger partial charge in [0, 0.05) is 10.5 Å². The Bertz CT molecular complexity index is 509. The van der Waals surface area contributed by atoms with Crippen molar-refractivity contribution in [1.29, 1.82) is 0 Å². The lowest BCUT2D eigenvalue weighted by Crippen LogP contribution is -2.12. The van der Waals surface area contributed by atoms with Crippen LogP contribution in [0.2, 0.25) is 0 Å². The van der Waals surface area contributed by atoms with Crippen molar-refractivity contribution >= 4 is 27.5 Å². The summed E-state index contributed by atoms with van der Waals surface area (Å²) in [7, 11) is 0. The second-order valence-electron chi connectivity index (χ2n) is 3.28. The van der Waals surface area contributed by atoms with Crippen LogP contribution in [0.15, 0.2) is 39.5 Å². The molecule has 1 N–H and O–H groups in total. The van der Waals surface area contributed by atoms with Crippen LogP contribution in [0.5, 0.6) is 0 Å². The minimum atomic E-state index is -0.292. The predicted molar refractivity (Wildman–Crippen MR) is 63.3 cm³/mol. The van der Waals surface area contributed by atoms with Gasteiger partial charge in [-0.05, 0) is 34.5 Å². The molecule has 0 saturated carbocycles. The molecule has 2 rings (SSSR count). The van der Waals surface area contributed by atoms with Crippen LogP contribution >= 0.6 is 15.9 Å². The highest BCUT2D eigenvalue weighted by Gasteiger charge is 2.11. The molecule has 2 aromatic rings. The third-order valence-corrected chi connectivity index (χ3v) is 3.16. The Morgan fingerprint density at radius 2 is 2.25 bits per heavy atom. The second-order valence-corrected chi connectivity index (χ2v) is 4.07. The van der Waals surface area contributed by atoms with Gasteiger partial charge in [-0.3, -0.25) is 4.79 Å². The molecule has 0 atom stereocenters. The van der Waals surface area contributed by atoms with Gasteiger partial charge in [0.2, 0.25) is 0 Å². The number of rotatable bonds is 2. The zero-order valence-corrected chi connectivity index (χ0v) is 10.1. The number of anilines is 1. The predicted octanol–water partition coefficient (Wildman–Crippen LogP) is 3.00. The molecule has 5 heteroatoms. The maximum Gasteiger partial charge on any atom is 0.277 e. The molecular weight excluding hydrogens is 272 g/mol. The zero-order valence-electron chi connectivity index (χ0n) is 8.53. The second kappa shape index (κ2) is 4.49. The van der Waals surface area contributed by atoms with E-state index in [0.29, 0.717) is 5.69 Å². The van der Waals surface area contributed by atoms with Gasteiger partial charge in [0.25, 0.3) is 5.91 Å². The van der Waals surface area contributed by atoms with Gasteiger partial charge in [-0.25, -0.2) is 0 Å². The van der Waals surface area contributed by atoms with Gasteiger partial charge in [0.05, 0.1) is 5.69 Å². The van der Waals surface area contributed by atoms with Crippen molar-refractivity contribution in [2.75, 3.05) is 5.32 Å². The van der Waals surface area contributed by atoms with E-state index in [9.17, 15) is 4.79 Å². The smallest absolute Gasteiger partial charge is 0.277 e. The molecule has 0 saturated heterocycles. The highest BCUT2D eigenvalue weighted by atomic mass is 79.9. The quantitative estimate of drug-likeness (QED) is 0.920. The van der Waals surface area contributed by atoms with Gasteiger partial charge in [0.1, 0.15) is 6.26 Å². The molecule has 4 nitrogen and oxygen atoms in total. The molecule has 0 radical (unpaired) electrons. The molecule has 0 bridgehead atoms. The van der Waals surface area contributed by atoms with Crippen LogP contribution < -0.4 is 5.32 Å². The fourth-order valence-electron chi connectivity index (χ4n) is 1.26. The lowest BCUT2D eigenvalue weighted by molar-refractivity contribution is 0.101. The van der Waals surface area contributed by atoms with Gasteiger partial charge in [-0.2, -0.15) is 0 Å². The van der Waals surface area contributed by atoms with Gasteiger partial charge in [-0.1, -0.05) is 17.3 Å². The van der Waals surface area contributed by atoms with E-state index < -0.39 is 0 Å². The molecule has 0 fully saturated rings. The van der Waals surface area contributed by atoms with Gasteiger partial charge < -0.3 is 9.84 Å². The molecule has 16 heavy (non-hydrogen) atoms. The summed E-state index contributed by atoms with van der Waals surface area (Å²) in [4.78, 5) is 11.7. The monoisotopic (exact) mass is 280 g/mol. The SMILES string of the molecule is Cc1cccc(NC(=O)c2ccon2)c1Br. The topological polar surface area (TPSA) is 55.1 Å². The number of benzene rings is 1. The third-order valence-electron chi connectivity index (χ3n) is 2.11. The minimum absolute atomic E-state index is 0.258. The number of carbonyl (C=O) groups excluding carboxylic acids is 1. The maximum atomic E-state index is 11.7. The summed E-state index contributed by atoms with van der Waals surface area (Å²) in [5.41, 5.74) is 2.03. The fraction of sp³-hybridized carbons (Fsp3) is 0.0909. The number of nitrogens with one attached hydrogen (secondary N) is 1. The molecule has 82 valence electrons. The first-order valence-corrected chi connectivity index (χ1v) is 5.44. The fourth-order valence-corrected chi connectivity index (χ4v) is 1.62. The first-order valence-electron chi connectivity index (χ1n) is 4.65. The van der Waals surface area contributed by atoms with Crippen molar-refractivity contribution in [3.63, 3.8) is 0 Å². The number of halogens is 1. The summed E-state index contributed by atoms with van der Waals surface area (Å²) in [6.07, 6.45) is 1.36. The number of aryl methyl sites for hydroxylation is 1. The lowest BCUT2D eigenvalue weighted by atomic mass is 10.2. The molecule has 0 unspecified atom stereocenters. The third kappa shape index (κ3) is 2.14. The van der Waals surface area contributed by atoms with E-state index in [-0.39, 0.29) is 11.6 Å². The van der Waals surface area contributed by atoms with E-state index in [4.69, 9.17) is 0 Å². The van der Waals surface area contributed by atoms with E-state index in [2.05, 4.69) is 30.9 Å². The van der Waals surface area contributed by atoms with Crippen LogP contribution in [0.1, 0.15) is 16.1 Å².